The predicted molar refractivity (Wildman–Crippen MR) is 157 cm³/mol. The highest BCUT2D eigenvalue weighted by atomic mass is 35.5. The van der Waals surface area contributed by atoms with Crippen molar-refractivity contribution in [3.05, 3.63) is 94.5 Å². The number of aromatic nitrogens is 1. The highest BCUT2D eigenvalue weighted by Crippen LogP contribution is 2.42. The number of piperidine rings is 1. The van der Waals surface area contributed by atoms with Gasteiger partial charge in [0, 0.05) is 35.3 Å². The SMILES string of the molecule is Cc1ccc(-c2sc(C3CCN(C(=O)C(C)OC(=O)Nc4ccccc4)CC3)nc2-c2ccc(Cl)cc2)cc1. The van der Waals surface area contributed by atoms with Crippen LogP contribution in [0.25, 0.3) is 21.7 Å². The van der Waals surface area contributed by atoms with E-state index in [1.807, 2.05) is 42.5 Å². The zero-order valence-electron chi connectivity index (χ0n) is 21.9. The summed E-state index contributed by atoms with van der Waals surface area (Å²) in [5, 5.41) is 4.43. The number of benzene rings is 3. The number of likely N-dealkylation sites (tertiary alicyclic amines) is 1. The Morgan fingerprint density at radius 3 is 2.28 bits per heavy atom. The molecular formula is C31H30ClN3O3S. The molecule has 1 atom stereocenters. The minimum atomic E-state index is -0.866. The van der Waals surface area contributed by atoms with Crippen molar-refractivity contribution in [2.24, 2.45) is 0 Å². The molecule has 0 radical (unpaired) electrons. The summed E-state index contributed by atoms with van der Waals surface area (Å²) < 4.78 is 5.35. The van der Waals surface area contributed by atoms with E-state index in [4.69, 9.17) is 21.3 Å². The van der Waals surface area contributed by atoms with Gasteiger partial charge in [-0.05, 0) is 56.5 Å². The smallest absolute Gasteiger partial charge is 0.412 e. The second-order valence-corrected chi connectivity index (χ2v) is 11.2. The fourth-order valence-corrected chi connectivity index (χ4v) is 6.09. The molecule has 0 aliphatic carbocycles. The number of rotatable bonds is 6. The van der Waals surface area contributed by atoms with Gasteiger partial charge in [0.1, 0.15) is 0 Å². The molecule has 1 aliphatic heterocycles. The molecule has 5 rings (SSSR count). The molecule has 200 valence electrons. The van der Waals surface area contributed by atoms with Crippen LogP contribution in [-0.2, 0) is 9.53 Å². The third-order valence-electron chi connectivity index (χ3n) is 6.88. The Labute approximate surface area is 237 Å². The number of hydrogen-bond donors (Lipinski definition) is 1. The van der Waals surface area contributed by atoms with Gasteiger partial charge in [0.15, 0.2) is 6.10 Å². The minimum absolute atomic E-state index is 0.182. The molecule has 1 aromatic heterocycles. The van der Waals surface area contributed by atoms with Crippen molar-refractivity contribution in [2.75, 3.05) is 18.4 Å². The largest absolute Gasteiger partial charge is 0.436 e. The van der Waals surface area contributed by atoms with Gasteiger partial charge in [0.25, 0.3) is 5.91 Å². The molecule has 1 saturated heterocycles. The van der Waals surface area contributed by atoms with Crippen molar-refractivity contribution in [1.82, 2.24) is 9.88 Å². The number of thiazole rings is 1. The summed E-state index contributed by atoms with van der Waals surface area (Å²) in [5.41, 5.74) is 4.96. The second kappa shape index (κ2) is 12.0. The molecular weight excluding hydrogens is 530 g/mol. The number of ether oxygens (including phenoxy) is 1. The molecule has 3 aromatic carbocycles. The van der Waals surface area contributed by atoms with Gasteiger partial charge >= 0.3 is 6.09 Å². The number of para-hydroxylation sites is 1. The summed E-state index contributed by atoms with van der Waals surface area (Å²) >= 11 is 7.87. The van der Waals surface area contributed by atoms with Gasteiger partial charge in [-0.1, -0.05) is 71.8 Å². The van der Waals surface area contributed by atoms with E-state index in [0.717, 1.165) is 39.5 Å². The average molecular weight is 560 g/mol. The number of carbonyl (C=O) groups excluding carboxylic acids is 2. The zero-order chi connectivity index (χ0) is 27.4. The topological polar surface area (TPSA) is 71.5 Å². The van der Waals surface area contributed by atoms with Gasteiger partial charge in [-0.2, -0.15) is 0 Å². The van der Waals surface area contributed by atoms with Gasteiger partial charge in [0.2, 0.25) is 0 Å². The van der Waals surface area contributed by atoms with Crippen molar-refractivity contribution < 1.29 is 14.3 Å². The van der Waals surface area contributed by atoms with Crippen molar-refractivity contribution in [3.63, 3.8) is 0 Å². The summed E-state index contributed by atoms with van der Waals surface area (Å²) in [6, 6.07) is 25.3. The number of nitrogens with one attached hydrogen (secondary N) is 1. The Bertz CT molecular complexity index is 1370. The maximum absolute atomic E-state index is 13.0. The summed E-state index contributed by atoms with van der Waals surface area (Å²) in [4.78, 5) is 33.3. The van der Waals surface area contributed by atoms with E-state index in [-0.39, 0.29) is 11.8 Å². The lowest BCUT2D eigenvalue weighted by molar-refractivity contribution is -0.140. The van der Waals surface area contributed by atoms with E-state index in [1.54, 1.807) is 35.3 Å². The molecule has 4 aromatic rings. The van der Waals surface area contributed by atoms with Crippen LogP contribution in [0.2, 0.25) is 5.02 Å². The molecule has 1 fully saturated rings. The van der Waals surface area contributed by atoms with Gasteiger partial charge < -0.3 is 9.64 Å². The van der Waals surface area contributed by atoms with Gasteiger partial charge in [-0.25, -0.2) is 9.78 Å². The van der Waals surface area contributed by atoms with E-state index in [0.29, 0.717) is 23.8 Å². The van der Waals surface area contributed by atoms with E-state index in [1.165, 1.54) is 5.56 Å². The lowest BCUT2D eigenvalue weighted by atomic mass is 9.97. The van der Waals surface area contributed by atoms with E-state index >= 15 is 0 Å². The third-order valence-corrected chi connectivity index (χ3v) is 8.40. The number of anilines is 1. The normalized spacial score (nSPS) is 14.6. The van der Waals surface area contributed by atoms with Crippen LogP contribution in [0.5, 0.6) is 0 Å². The van der Waals surface area contributed by atoms with Crippen molar-refractivity contribution >= 4 is 40.6 Å². The van der Waals surface area contributed by atoms with Crippen molar-refractivity contribution in [2.45, 2.75) is 38.7 Å². The van der Waals surface area contributed by atoms with Crippen molar-refractivity contribution in [3.8, 4) is 21.7 Å². The molecule has 39 heavy (non-hydrogen) atoms. The average Bonchev–Trinajstić information content (AvgIpc) is 3.39. The summed E-state index contributed by atoms with van der Waals surface area (Å²) in [5.74, 6) is 0.0694. The monoisotopic (exact) mass is 559 g/mol. The number of amides is 2. The molecule has 1 unspecified atom stereocenters. The lowest BCUT2D eigenvalue weighted by Gasteiger charge is -2.32. The summed E-state index contributed by atoms with van der Waals surface area (Å²) in [6.07, 6.45) is 0.0957. The lowest BCUT2D eigenvalue weighted by Crippen LogP contribution is -2.44. The van der Waals surface area contributed by atoms with Gasteiger partial charge in [0.05, 0.1) is 15.6 Å². The standard InChI is InChI=1S/C31H30ClN3O3S/c1-20-8-10-23(11-9-20)28-27(22-12-14-25(32)15-13-22)34-29(39-28)24-16-18-35(19-17-24)30(36)21(2)38-31(37)33-26-6-4-3-5-7-26/h3-15,21,24H,16-19H2,1-2H3,(H,33,37). The molecule has 0 bridgehead atoms. The third kappa shape index (κ3) is 6.49. The number of hydrogen-bond acceptors (Lipinski definition) is 5. The highest BCUT2D eigenvalue weighted by molar-refractivity contribution is 7.15. The molecule has 1 N–H and O–H groups in total. The van der Waals surface area contributed by atoms with Crippen LogP contribution in [0.3, 0.4) is 0 Å². The number of aryl methyl sites for hydroxylation is 1. The van der Waals surface area contributed by atoms with Crippen LogP contribution in [-0.4, -0.2) is 41.1 Å². The van der Waals surface area contributed by atoms with Crippen LogP contribution in [0, 0.1) is 6.92 Å². The van der Waals surface area contributed by atoms with Crippen LogP contribution in [0.1, 0.15) is 36.3 Å². The molecule has 2 heterocycles. The first-order valence-corrected chi connectivity index (χ1v) is 14.2. The quantitative estimate of drug-likeness (QED) is 0.262. The number of halogens is 1. The molecule has 0 saturated carbocycles. The number of nitrogens with zero attached hydrogens (tertiary/aromatic N) is 2. The Morgan fingerprint density at radius 1 is 0.974 bits per heavy atom. The van der Waals surface area contributed by atoms with Crippen LogP contribution >= 0.6 is 22.9 Å². The Balaban J connectivity index is 1.26. The molecule has 0 spiro atoms. The van der Waals surface area contributed by atoms with Crippen LogP contribution in [0.4, 0.5) is 10.5 Å². The highest BCUT2D eigenvalue weighted by Gasteiger charge is 2.30. The van der Waals surface area contributed by atoms with Crippen LogP contribution < -0.4 is 5.32 Å². The van der Waals surface area contributed by atoms with E-state index < -0.39 is 12.2 Å². The first kappa shape index (κ1) is 26.9. The first-order chi connectivity index (χ1) is 18.9. The van der Waals surface area contributed by atoms with Crippen LogP contribution in [0.15, 0.2) is 78.9 Å². The molecule has 8 heteroatoms. The summed E-state index contributed by atoms with van der Waals surface area (Å²) in [7, 11) is 0. The van der Waals surface area contributed by atoms with E-state index in [9.17, 15) is 9.59 Å². The molecule has 1 aliphatic rings. The minimum Gasteiger partial charge on any atom is -0.436 e. The zero-order valence-corrected chi connectivity index (χ0v) is 23.5. The fourth-order valence-electron chi connectivity index (χ4n) is 4.70. The first-order valence-electron chi connectivity index (χ1n) is 13.0. The second-order valence-electron chi connectivity index (χ2n) is 9.74. The maximum atomic E-state index is 13.0. The predicted octanol–water partition coefficient (Wildman–Crippen LogP) is 7.78. The van der Waals surface area contributed by atoms with E-state index in [2.05, 4.69) is 36.5 Å². The Morgan fingerprint density at radius 2 is 1.62 bits per heavy atom. The van der Waals surface area contributed by atoms with Crippen molar-refractivity contribution in [1.29, 1.82) is 0 Å². The molecule has 2 amide bonds. The Hall–Kier alpha value is -3.68. The van der Waals surface area contributed by atoms with Gasteiger partial charge in [-0.15, -0.1) is 11.3 Å². The molecule has 6 nitrogen and oxygen atoms in total. The fraction of sp³-hybridized carbons (Fsp3) is 0.258. The maximum Gasteiger partial charge on any atom is 0.412 e. The number of carbonyl (C=O) groups is 2. The Kier molecular flexibility index (Phi) is 8.29. The summed E-state index contributed by atoms with van der Waals surface area (Å²) in [6.45, 7) is 4.88. The van der Waals surface area contributed by atoms with Gasteiger partial charge in [-0.3, -0.25) is 10.1 Å².